The van der Waals surface area contributed by atoms with Gasteiger partial charge in [0, 0.05) is 24.4 Å². The first-order valence-electron chi connectivity index (χ1n) is 13.9. The van der Waals surface area contributed by atoms with Gasteiger partial charge in [-0.1, -0.05) is 62.3 Å². The van der Waals surface area contributed by atoms with Gasteiger partial charge in [0.1, 0.15) is 0 Å². The molecule has 5 atom stereocenters. The van der Waals surface area contributed by atoms with E-state index in [1.165, 1.54) is 0 Å². The Kier molecular flexibility index (Phi) is 13.6. The molecule has 0 aromatic heterocycles. The van der Waals surface area contributed by atoms with Crippen LogP contribution in [0.1, 0.15) is 116 Å². The first-order chi connectivity index (χ1) is 15.7. The van der Waals surface area contributed by atoms with Crippen LogP contribution in [0.25, 0.3) is 0 Å². The second kappa shape index (κ2) is 14.0. The monoisotopic (exact) mass is 496 g/mol. The Hall–Kier alpha value is -1.10. The Morgan fingerprint density at radius 1 is 0.771 bits per heavy atom. The van der Waals surface area contributed by atoms with Crippen LogP contribution >= 0.6 is 0 Å². The van der Waals surface area contributed by atoms with Gasteiger partial charge in [-0.05, 0) is 82.5 Å². The first kappa shape index (κ1) is 33.9. The zero-order chi connectivity index (χ0) is 27.8. The van der Waals surface area contributed by atoms with Gasteiger partial charge in [0.2, 0.25) is 11.8 Å². The quantitative estimate of drug-likeness (QED) is 0.246. The summed E-state index contributed by atoms with van der Waals surface area (Å²) in [5.74, 6) is 2.09. The number of amides is 2. The van der Waals surface area contributed by atoms with Crippen LogP contribution in [0.3, 0.4) is 0 Å². The molecule has 0 aliphatic heterocycles. The maximum atomic E-state index is 12.6. The van der Waals surface area contributed by atoms with Crippen molar-refractivity contribution in [3.8, 4) is 0 Å². The van der Waals surface area contributed by atoms with Crippen molar-refractivity contribution in [2.45, 2.75) is 127 Å². The number of nitrogens with one attached hydrogen (secondary N) is 2. The third kappa shape index (κ3) is 12.1. The zero-order valence-corrected chi connectivity index (χ0v) is 25.7. The minimum absolute atomic E-state index is 0.0194. The van der Waals surface area contributed by atoms with E-state index >= 15 is 0 Å². The molecule has 5 unspecified atom stereocenters. The van der Waals surface area contributed by atoms with E-state index in [-0.39, 0.29) is 46.1 Å². The van der Waals surface area contributed by atoms with Gasteiger partial charge < -0.3 is 15.4 Å². The molecule has 0 aromatic carbocycles. The van der Waals surface area contributed by atoms with Crippen LogP contribution in [0.15, 0.2) is 0 Å². The number of ether oxygens (including phenoxy) is 1. The normalized spacial score (nSPS) is 17.5. The van der Waals surface area contributed by atoms with E-state index in [1.807, 2.05) is 20.8 Å². The number of carbonyl (C=O) groups excluding carboxylic acids is 2. The van der Waals surface area contributed by atoms with Crippen molar-refractivity contribution in [1.82, 2.24) is 10.6 Å². The second-order valence-electron chi connectivity index (χ2n) is 13.8. The highest BCUT2D eigenvalue weighted by Crippen LogP contribution is 2.37. The Labute approximate surface area is 218 Å². The molecule has 208 valence electrons. The molecule has 0 radical (unpaired) electrons. The maximum Gasteiger partial charge on any atom is 0.225 e. The van der Waals surface area contributed by atoms with Gasteiger partial charge in [-0.25, -0.2) is 0 Å². The first-order valence-corrected chi connectivity index (χ1v) is 13.9. The molecule has 0 spiro atoms. The summed E-state index contributed by atoms with van der Waals surface area (Å²) in [6.45, 7) is 28.9. The molecule has 2 N–H and O–H groups in total. The molecule has 0 aliphatic carbocycles. The summed E-state index contributed by atoms with van der Waals surface area (Å²) in [6, 6.07) is 0.175. The molecule has 0 bridgehead atoms. The Bertz CT molecular complexity index is 654. The van der Waals surface area contributed by atoms with Gasteiger partial charge in [0.05, 0.1) is 12.2 Å². The van der Waals surface area contributed by atoms with Gasteiger partial charge in [-0.15, -0.1) is 0 Å². The summed E-state index contributed by atoms with van der Waals surface area (Å²) in [5, 5.41) is 5.82. The van der Waals surface area contributed by atoms with Gasteiger partial charge in [0.25, 0.3) is 0 Å². The SMILES string of the molecule is CNC(=O)C(C)CC(C)C(C)(C)OCC(C)(C)C(C)CC(C)CC(C)CC(C)(C)C(=O)NC(C)C. The van der Waals surface area contributed by atoms with Crippen LogP contribution in [0.4, 0.5) is 0 Å². The summed E-state index contributed by atoms with van der Waals surface area (Å²) < 4.78 is 6.50. The van der Waals surface area contributed by atoms with Gasteiger partial charge in [-0.2, -0.15) is 0 Å². The van der Waals surface area contributed by atoms with Crippen molar-refractivity contribution in [3.05, 3.63) is 0 Å². The van der Waals surface area contributed by atoms with E-state index in [0.717, 1.165) is 25.7 Å². The van der Waals surface area contributed by atoms with Crippen molar-refractivity contribution in [1.29, 1.82) is 0 Å². The summed E-state index contributed by atoms with van der Waals surface area (Å²) in [6.07, 6.45) is 3.98. The van der Waals surface area contributed by atoms with E-state index < -0.39 is 0 Å². The molecule has 0 aliphatic rings. The molecule has 0 fully saturated rings. The lowest BCUT2D eigenvalue weighted by Gasteiger charge is -2.40. The molecule has 0 aromatic rings. The number of hydrogen-bond donors (Lipinski definition) is 2. The summed E-state index contributed by atoms with van der Waals surface area (Å²) in [5.41, 5.74) is -0.585. The van der Waals surface area contributed by atoms with Gasteiger partial charge in [-0.3, -0.25) is 9.59 Å². The Balaban J connectivity index is 4.83. The zero-order valence-electron chi connectivity index (χ0n) is 25.7. The highest BCUT2D eigenvalue weighted by atomic mass is 16.5. The molecule has 0 saturated carbocycles. The summed E-state index contributed by atoms with van der Waals surface area (Å²) in [7, 11) is 1.70. The van der Waals surface area contributed by atoms with Crippen LogP contribution in [0, 0.1) is 40.4 Å². The highest BCUT2D eigenvalue weighted by Gasteiger charge is 2.35. The van der Waals surface area contributed by atoms with Crippen LogP contribution < -0.4 is 10.6 Å². The van der Waals surface area contributed by atoms with Crippen LogP contribution in [-0.2, 0) is 14.3 Å². The molecule has 0 rings (SSSR count). The van der Waals surface area contributed by atoms with Crippen molar-refractivity contribution in [3.63, 3.8) is 0 Å². The fourth-order valence-corrected chi connectivity index (χ4v) is 5.03. The summed E-state index contributed by atoms with van der Waals surface area (Å²) in [4.78, 5) is 24.5. The van der Waals surface area contributed by atoms with Crippen LogP contribution in [0.5, 0.6) is 0 Å². The lowest BCUT2D eigenvalue weighted by Crippen LogP contribution is -2.41. The second-order valence-corrected chi connectivity index (χ2v) is 13.8. The van der Waals surface area contributed by atoms with Crippen LogP contribution in [0.2, 0.25) is 0 Å². The average Bonchev–Trinajstić information content (AvgIpc) is 2.70. The molecule has 2 amide bonds. The third-order valence-electron chi connectivity index (χ3n) is 8.19. The Morgan fingerprint density at radius 2 is 1.31 bits per heavy atom. The average molecular weight is 497 g/mol. The fraction of sp³-hybridized carbons (Fsp3) is 0.933. The van der Waals surface area contributed by atoms with Crippen molar-refractivity contribution < 1.29 is 14.3 Å². The largest absolute Gasteiger partial charge is 0.375 e. The topological polar surface area (TPSA) is 67.4 Å². The summed E-state index contributed by atoms with van der Waals surface area (Å²) >= 11 is 0. The molecule has 5 heteroatoms. The van der Waals surface area contributed by atoms with Gasteiger partial charge in [0.15, 0.2) is 0 Å². The predicted octanol–water partition coefficient (Wildman–Crippen LogP) is 6.85. The fourth-order valence-electron chi connectivity index (χ4n) is 5.03. The predicted molar refractivity (Wildman–Crippen MR) is 149 cm³/mol. The molecule has 35 heavy (non-hydrogen) atoms. The highest BCUT2D eigenvalue weighted by molar-refractivity contribution is 5.82. The molecular formula is C30H60N2O3. The minimum atomic E-state index is -0.348. The minimum Gasteiger partial charge on any atom is -0.375 e. The van der Waals surface area contributed by atoms with E-state index in [0.29, 0.717) is 24.4 Å². The smallest absolute Gasteiger partial charge is 0.225 e. The number of carbonyl (C=O) groups is 2. The van der Waals surface area contributed by atoms with E-state index in [4.69, 9.17) is 4.74 Å². The molecule has 0 heterocycles. The van der Waals surface area contributed by atoms with Crippen molar-refractivity contribution >= 4 is 11.8 Å². The van der Waals surface area contributed by atoms with Crippen molar-refractivity contribution in [2.75, 3.05) is 13.7 Å². The lowest BCUT2D eigenvalue weighted by molar-refractivity contribution is -0.131. The van der Waals surface area contributed by atoms with E-state index in [9.17, 15) is 9.59 Å². The van der Waals surface area contributed by atoms with Crippen LogP contribution in [-0.4, -0.2) is 37.1 Å². The number of hydrogen-bond acceptors (Lipinski definition) is 3. The van der Waals surface area contributed by atoms with E-state index in [2.05, 4.69) is 79.9 Å². The van der Waals surface area contributed by atoms with Crippen molar-refractivity contribution in [2.24, 2.45) is 40.4 Å². The maximum absolute atomic E-state index is 12.6. The molecular weight excluding hydrogens is 436 g/mol. The lowest BCUT2D eigenvalue weighted by atomic mass is 9.73. The number of rotatable bonds is 16. The Morgan fingerprint density at radius 3 is 1.80 bits per heavy atom. The molecule has 5 nitrogen and oxygen atoms in total. The third-order valence-corrected chi connectivity index (χ3v) is 8.19. The standard InChI is InChI=1S/C30H60N2O3/c1-20(2)32-27(34)28(8,9)18-22(4)15-21(3)16-24(6)29(10,11)19-35-30(12,13)25(7)17-23(5)26(33)31-14/h20-25H,15-19H2,1-14H3,(H,31,33)(H,32,34). The molecule has 0 saturated heterocycles. The van der Waals surface area contributed by atoms with Gasteiger partial charge >= 0.3 is 0 Å². The van der Waals surface area contributed by atoms with E-state index in [1.54, 1.807) is 7.05 Å².